The summed E-state index contributed by atoms with van der Waals surface area (Å²) in [4.78, 5) is 2.52. The molecule has 0 aliphatic carbocycles. The summed E-state index contributed by atoms with van der Waals surface area (Å²) in [7, 11) is 0. The molecular formula is C15H30N2O. The number of nitrogens with one attached hydrogen (secondary N) is 1. The Balaban J connectivity index is 2.37. The third kappa shape index (κ3) is 4.71. The molecule has 0 saturated carbocycles. The van der Waals surface area contributed by atoms with E-state index < -0.39 is 0 Å². The van der Waals surface area contributed by atoms with Crippen molar-refractivity contribution < 1.29 is 4.74 Å². The van der Waals surface area contributed by atoms with Crippen LogP contribution in [0.1, 0.15) is 34.1 Å². The van der Waals surface area contributed by atoms with E-state index in [2.05, 4.69) is 44.5 Å². The fourth-order valence-corrected chi connectivity index (χ4v) is 2.49. The Labute approximate surface area is 113 Å². The first kappa shape index (κ1) is 15.7. The number of allylic oxidation sites excluding steroid dienone is 1. The van der Waals surface area contributed by atoms with Gasteiger partial charge < -0.3 is 10.1 Å². The molecule has 1 aliphatic rings. The lowest BCUT2D eigenvalue weighted by Crippen LogP contribution is -2.53. The molecule has 0 spiro atoms. The molecule has 1 fully saturated rings. The molecule has 1 aliphatic heterocycles. The number of nitrogens with zero attached hydrogens (tertiary/aromatic N) is 1. The number of hydrogen-bond acceptors (Lipinski definition) is 3. The highest BCUT2D eigenvalue weighted by Crippen LogP contribution is 2.12. The molecule has 1 saturated heterocycles. The van der Waals surface area contributed by atoms with E-state index in [1.54, 1.807) is 0 Å². The highest BCUT2D eigenvalue weighted by atomic mass is 16.5. The van der Waals surface area contributed by atoms with Crippen molar-refractivity contribution in [3.8, 4) is 0 Å². The van der Waals surface area contributed by atoms with E-state index in [-0.39, 0.29) is 0 Å². The average Bonchev–Trinajstić information content (AvgIpc) is 2.39. The molecule has 3 heteroatoms. The van der Waals surface area contributed by atoms with E-state index >= 15 is 0 Å². The summed E-state index contributed by atoms with van der Waals surface area (Å²) in [6, 6.07) is 1.60. The third-order valence-electron chi connectivity index (χ3n) is 4.26. The van der Waals surface area contributed by atoms with Gasteiger partial charge in [0, 0.05) is 31.2 Å². The standard InChI is InChI=1S/C15H30N2O/c1-6-7-12(2)13(3)16-14(4)15(5)17-8-10-18-11-9-17/h6,12-16H,1,7-11H2,2-5H3/t12-,13-,14-,15+/m0/s1. The number of morpholine rings is 1. The topological polar surface area (TPSA) is 24.5 Å². The van der Waals surface area contributed by atoms with Crippen LogP contribution in [0.25, 0.3) is 0 Å². The minimum absolute atomic E-state index is 0.505. The molecule has 106 valence electrons. The second kappa shape index (κ2) is 7.93. The summed E-state index contributed by atoms with van der Waals surface area (Å²) < 4.78 is 5.41. The molecule has 1 heterocycles. The van der Waals surface area contributed by atoms with E-state index in [0.29, 0.717) is 24.0 Å². The molecule has 1 N–H and O–H groups in total. The van der Waals surface area contributed by atoms with E-state index in [4.69, 9.17) is 4.74 Å². The summed E-state index contributed by atoms with van der Waals surface area (Å²) >= 11 is 0. The third-order valence-corrected chi connectivity index (χ3v) is 4.26. The second-order valence-corrected chi connectivity index (χ2v) is 5.63. The van der Waals surface area contributed by atoms with Gasteiger partial charge in [-0.15, -0.1) is 6.58 Å². The van der Waals surface area contributed by atoms with Crippen molar-refractivity contribution in [3.63, 3.8) is 0 Å². The molecule has 4 atom stereocenters. The summed E-state index contributed by atoms with van der Waals surface area (Å²) in [6.07, 6.45) is 3.09. The molecule has 0 unspecified atom stereocenters. The summed E-state index contributed by atoms with van der Waals surface area (Å²) in [6.45, 7) is 16.8. The van der Waals surface area contributed by atoms with E-state index in [1.165, 1.54) is 0 Å². The molecule has 0 aromatic heterocycles. The van der Waals surface area contributed by atoms with Crippen LogP contribution < -0.4 is 5.32 Å². The molecule has 0 amide bonds. The van der Waals surface area contributed by atoms with Gasteiger partial charge in [0.25, 0.3) is 0 Å². The van der Waals surface area contributed by atoms with Crippen LogP contribution in [0.3, 0.4) is 0 Å². The SMILES string of the molecule is C=CC[C@H](C)[C@H](C)N[C@@H](C)[C@@H](C)N1CCOCC1. The van der Waals surface area contributed by atoms with Crippen molar-refractivity contribution in [2.45, 2.75) is 52.2 Å². The predicted molar refractivity (Wildman–Crippen MR) is 77.9 cm³/mol. The highest BCUT2D eigenvalue weighted by Gasteiger charge is 2.23. The maximum Gasteiger partial charge on any atom is 0.0594 e. The molecule has 18 heavy (non-hydrogen) atoms. The summed E-state index contributed by atoms with van der Waals surface area (Å²) in [5, 5.41) is 3.73. The quantitative estimate of drug-likeness (QED) is 0.706. The zero-order valence-electron chi connectivity index (χ0n) is 12.5. The fourth-order valence-electron chi connectivity index (χ4n) is 2.49. The van der Waals surface area contributed by atoms with Crippen molar-refractivity contribution >= 4 is 0 Å². The minimum Gasteiger partial charge on any atom is -0.379 e. The van der Waals surface area contributed by atoms with E-state index in [1.807, 2.05) is 6.08 Å². The molecule has 0 aromatic rings. The molecule has 3 nitrogen and oxygen atoms in total. The fraction of sp³-hybridized carbons (Fsp3) is 0.867. The van der Waals surface area contributed by atoms with Crippen molar-refractivity contribution in [3.05, 3.63) is 12.7 Å². The van der Waals surface area contributed by atoms with E-state index in [0.717, 1.165) is 32.7 Å². The smallest absolute Gasteiger partial charge is 0.0594 e. The van der Waals surface area contributed by atoms with Crippen LogP contribution in [-0.4, -0.2) is 49.3 Å². The van der Waals surface area contributed by atoms with Gasteiger partial charge in [0.2, 0.25) is 0 Å². The van der Waals surface area contributed by atoms with Gasteiger partial charge in [0.15, 0.2) is 0 Å². The lowest BCUT2D eigenvalue weighted by molar-refractivity contribution is 0.0124. The van der Waals surface area contributed by atoms with Gasteiger partial charge >= 0.3 is 0 Å². The Bertz CT molecular complexity index is 239. The predicted octanol–water partition coefficient (Wildman–Crippen LogP) is 2.29. The Morgan fingerprint density at radius 2 is 1.78 bits per heavy atom. The van der Waals surface area contributed by atoms with Crippen molar-refractivity contribution in [1.29, 1.82) is 0 Å². The van der Waals surface area contributed by atoms with Gasteiger partial charge in [-0.05, 0) is 33.1 Å². The highest BCUT2D eigenvalue weighted by molar-refractivity contribution is 4.84. The van der Waals surface area contributed by atoms with Crippen LogP contribution >= 0.6 is 0 Å². The van der Waals surface area contributed by atoms with Crippen molar-refractivity contribution in [2.75, 3.05) is 26.3 Å². The van der Waals surface area contributed by atoms with Gasteiger partial charge in [-0.1, -0.05) is 13.0 Å². The maximum atomic E-state index is 5.41. The first-order valence-electron chi connectivity index (χ1n) is 7.25. The van der Waals surface area contributed by atoms with Crippen LogP contribution in [0.15, 0.2) is 12.7 Å². The Hall–Kier alpha value is -0.380. The van der Waals surface area contributed by atoms with Gasteiger partial charge in [0.1, 0.15) is 0 Å². The number of hydrogen-bond donors (Lipinski definition) is 1. The Kier molecular flexibility index (Phi) is 6.90. The zero-order valence-corrected chi connectivity index (χ0v) is 12.5. The van der Waals surface area contributed by atoms with E-state index in [9.17, 15) is 0 Å². The zero-order chi connectivity index (χ0) is 13.5. The van der Waals surface area contributed by atoms with Gasteiger partial charge in [-0.2, -0.15) is 0 Å². The molecular weight excluding hydrogens is 224 g/mol. The first-order valence-corrected chi connectivity index (χ1v) is 7.25. The van der Waals surface area contributed by atoms with Crippen LogP contribution in [-0.2, 0) is 4.74 Å². The second-order valence-electron chi connectivity index (χ2n) is 5.63. The van der Waals surface area contributed by atoms with Gasteiger partial charge in [-0.3, -0.25) is 4.90 Å². The lowest BCUT2D eigenvalue weighted by Gasteiger charge is -2.37. The van der Waals surface area contributed by atoms with Crippen molar-refractivity contribution in [1.82, 2.24) is 10.2 Å². The van der Waals surface area contributed by atoms with Gasteiger partial charge in [0.05, 0.1) is 13.2 Å². The average molecular weight is 254 g/mol. The van der Waals surface area contributed by atoms with Crippen LogP contribution in [0, 0.1) is 5.92 Å². The van der Waals surface area contributed by atoms with Crippen LogP contribution in [0.5, 0.6) is 0 Å². The molecule has 1 rings (SSSR count). The lowest BCUT2D eigenvalue weighted by atomic mass is 9.98. The largest absolute Gasteiger partial charge is 0.379 e. The Morgan fingerprint density at radius 1 is 1.17 bits per heavy atom. The summed E-state index contributed by atoms with van der Waals surface area (Å²) in [5.41, 5.74) is 0. The number of rotatable bonds is 7. The van der Waals surface area contributed by atoms with Gasteiger partial charge in [-0.25, -0.2) is 0 Å². The normalized spacial score (nSPS) is 24.2. The molecule has 0 bridgehead atoms. The molecule has 0 radical (unpaired) electrons. The maximum absolute atomic E-state index is 5.41. The van der Waals surface area contributed by atoms with Crippen LogP contribution in [0.2, 0.25) is 0 Å². The first-order chi connectivity index (χ1) is 8.56. The van der Waals surface area contributed by atoms with Crippen LogP contribution in [0.4, 0.5) is 0 Å². The monoisotopic (exact) mass is 254 g/mol. The molecule has 0 aromatic carbocycles. The Morgan fingerprint density at radius 3 is 2.33 bits per heavy atom. The summed E-state index contributed by atoms with van der Waals surface area (Å²) in [5.74, 6) is 0.641. The van der Waals surface area contributed by atoms with Crippen molar-refractivity contribution in [2.24, 2.45) is 5.92 Å². The minimum atomic E-state index is 0.505. The number of ether oxygens (including phenoxy) is 1.